The van der Waals surface area contributed by atoms with Gasteiger partial charge in [0.1, 0.15) is 0 Å². The molecule has 0 saturated carbocycles. The summed E-state index contributed by atoms with van der Waals surface area (Å²) in [5.41, 5.74) is 1.08. The molecule has 0 aliphatic rings. The van der Waals surface area contributed by atoms with E-state index in [2.05, 4.69) is 39.7 Å². The molecule has 0 spiro atoms. The zero-order chi connectivity index (χ0) is 11.4. The number of aryl methyl sites for hydroxylation is 1. The van der Waals surface area contributed by atoms with Crippen molar-refractivity contribution < 1.29 is 0 Å². The summed E-state index contributed by atoms with van der Waals surface area (Å²) in [5, 5.41) is 5.44. The van der Waals surface area contributed by atoms with Crippen molar-refractivity contribution in [3.05, 3.63) is 40.3 Å². The van der Waals surface area contributed by atoms with Gasteiger partial charge in [-0.3, -0.25) is 0 Å². The third-order valence-corrected chi connectivity index (χ3v) is 3.37. The summed E-state index contributed by atoms with van der Waals surface area (Å²) in [7, 11) is 0. The van der Waals surface area contributed by atoms with Gasteiger partial charge in [0.25, 0.3) is 0 Å². The largest absolute Gasteiger partial charge is 0.347 e. The predicted molar refractivity (Wildman–Crippen MR) is 67.7 cm³/mol. The molecule has 0 aromatic carbocycles. The number of thiophene rings is 1. The molecule has 2 aromatic rings. The Morgan fingerprint density at radius 1 is 1.38 bits per heavy atom. The lowest BCUT2D eigenvalue weighted by Crippen LogP contribution is -2.10. The molecule has 16 heavy (non-hydrogen) atoms. The standard InChI is InChI=1S/C12H15N3S/c1-3-10(11-5-4-6-16-11)15-12-13-7-9(2)8-14-12/h4-8,10H,3H2,1-2H3,(H,13,14,15). The van der Waals surface area contributed by atoms with Crippen LogP contribution in [0.1, 0.15) is 29.8 Å². The van der Waals surface area contributed by atoms with Crippen LogP contribution in [0, 0.1) is 6.92 Å². The number of rotatable bonds is 4. The van der Waals surface area contributed by atoms with Gasteiger partial charge in [0.05, 0.1) is 6.04 Å². The van der Waals surface area contributed by atoms with Gasteiger partial charge in [0.15, 0.2) is 0 Å². The number of hydrogen-bond acceptors (Lipinski definition) is 4. The summed E-state index contributed by atoms with van der Waals surface area (Å²) in [5.74, 6) is 0.700. The first-order valence-electron chi connectivity index (χ1n) is 5.38. The lowest BCUT2D eigenvalue weighted by molar-refractivity contribution is 0.751. The summed E-state index contributed by atoms with van der Waals surface area (Å²) in [6, 6.07) is 4.52. The maximum atomic E-state index is 4.26. The predicted octanol–water partition coefficient (Wildman–Crippen LogP) is 3.41. The van der Waals surface area contributed by atoms with Crippen molar-refractivity contribution in [3.8, 4) is 0 Å². The van der Waals surface area contributed by atoms with E-state index in [1.807, 2.05) is 19.3 Å². The maximum absolute atomic E-state index is 4.26. The van der Waals surface area contributed by atoms with Crippen molar-refractivity contribution >= 4 is 17.3 Å². The van der Waals surface area contributed by atoms with Crippen LogP contribution in [-0.4, -0.2) is 9.97 Å². The third kappa shape index (κ3) is 2.58. The smallest absolute Gasteiger partial charge is 0.223 e. The summed E-state index contributed by atoms with van der Waals surface area (Å²) in [4.78, 5) is 9.84. The molecule has 0 aliphatic carbocycles. The minimum Gasteiger partial charge on any atom is -0.347 e. The minimum atomic E-state index is 0.308. The van der Waals surface area contributed by atoms with Crippen molar-refractivity contribution in [2.75, 3.05) is 5.32 Å². The fraction of sp³-hybridized carbons (Fsp3) is 0.333. The highest BCUT2D eigenvalue weighted by molar-refractivity contribution is 7.10. The molecule has 2 aromatic heterocycles. The monoisotopic (exact) mass is 233 g/mol. The zero-order valence-electron chi connectivity index (χ0n) is 9.47. The molecule has 0 radical (unpaired) electrons. The van der Waals surface area contributed by atoms with E-state index in [9.17, 15) is 0 Å². The molecule has 2 heterocycles. The van der Waals surface area contributed by atoms with Gasteiger partial charge in [-0.25, -0.2) is 9.97 Å². The molecule has 1 N–H and O–H groups in total. The number of hydrogen-bond donors (Lipinski definition) is 1. The van der Waals surface area contributed by atoms with Crippen molar-refractivity contribution in [2.24, 2.45) is 0 Å². The molecule has 1 atom stereocenters. The first-order valence-corrected chi connectivity index (χ1v) is 6.26. The van der Waals surface area contributed by atoms with Gasteiger partial charge < -0.3 is 5.32 Å². The van der Waals surface area contributed by atoms with Crippen LogP contribution in [0.15, 0.2) is 29.9 Å². The van der Waals surface area contributed by atoms with Gasteiger partial charge in [-0.2, -0.15) is 0 Å². The van der Waals surface area contributed by atoms with Crippen LogP contribution >= 0.6 is 11.3 Å². The summed E-state index contributed by atoms with van der Waals surface area (Å²) >= 11 is 1.76. The number of nitrogens with zero attached hydrogens (tertiary/aromatic N) is 2. The first-order chi connectivity index (χ1) is 7.79. The quantitative estimate of drug-likeness (QED) is 0.879. The van der Waals surface area contributed by atoms with Crippen LogP contribution in [0.25, 0.3) is 0 Å². The number of anilines is 1. The van der Waals surface area contributed by atoms with Crippen LogP contribution in [0.2, 0.25) is 0 Å². The Kier molecular flexibility index (Phi) is 3.51. The summed E-state index contributed by atoms with van der Waals surface area (Å²) in [6.45, 7) is 4.14. The lowest BCUT2D eigenvalue weighted by Gasteiger charge is -2.14. The Labute approximate surface area is 99.6 Å². The normalized spacial score (nSPS) is 12.4. The Morgan fingerprint density at radius 2 is 2.12 bits per heavy atom. The van der Waals surface area contributed by atoms with Crippen molar-refractivity contribution in [2.45, 2.75) is 26.3 Å². The molecule has 0 saturated heterocycles. The third-order valence-electron chi connectivity index (χ3n) is 2.38. The van der Waals surface area contributed by atoms with E-state index in [-0.39, 0.29) is 0 Å². The first kappa shape index (κ1) is 11.1. The highest BCUT2D eigenvalue weighted by Crippen LogP contribution is 2.24. The second-order valence-corrected chi connectivity index (χ2v) is 4.68. The molecular weight excluding hydrogens is 218 g/mol. The zero-order valence-corrected chi connectivity index (χ0v) is 10.3. The SMILES string of the molecule is CCC(Nc1ncc(C)cn1)c1cccs1. The summed E-state index contributed by atoms with van der Waals surface area (Å²) < 4.78 is 0. The molecule has 1 unspecified atom stereocenters. The Morgan fingerprint density at radius 3 is 2.69 bits per heavy atom. The van der Waals surface area contributed by atoms with Crippen molar-refractivity contribution in [1.82, 2.24) is 9.97 Å². The van der Waals surface area contributed by atoms with E-state index in [0.717, 1.165) is 12.0 Å². The molecule has 0 fully saturated rings. The van der Waals surface area contributed by atoms with E-state index in [4.69, 9.17) is 0 Å². The fourth-order valence-electron chi connectivity index (χ4n) is 1.49. The van der Waals surface area contributed by atoms with Gasteiger partial charge in [-0.05, 0) is 30.4 Å². The van der Waals surface area contributed by atoms with E-state index in [1.54, 1.807) is 11.3 Å². The average Bonchev–Trinajstić information content (AvgIpc) is 2.82. The topological polar surface area (TPSA) is 37.8 Å². The Balaban J connectivity index is 2.10. The van der Waals surface area contributed by atoms with E-state index in [0.29, 0.717) is 12.0 Å². The van der Waals surface area contributed by atoms with Crippen LogP contribution in [-0.2, 0) is 0 Å². The highest BCUT2D eigenvalue weighted by Gasteiger charge is 2.10. The van der Waals surface area contributed by atoms with Crippen LogP contribution in [0.4, 0.5) is 5.95 Å². The average molecular weight is 233 g/mol. The van der Waals surface area contributed by atoms with Crippen LogP contribution < -0.4 is 5.32 Å². The molecule has 4 heteroatoms. The molecule has 0 aliphatic heterocycles. The summed E-state index contributed by atoms with van der Waals surface area (Å²) in [6.07, 6.45) is 4.69. The molecule has 84 valence electrons. The molecule has 0 amide bonds. The Bertz CT molecular complexity index is 422. The Hall–Kier alpha value is -1.42. The maximum Gasteiger partial charge on any atom is 0.223 e. The van der Waals surface area contributed by atoms with Gasteiger partial charge in [0.2, 0.25) is 5.95 Å². The molecular formula is C12H15N3S. The van der Waals surface area contributed by atoms with E-state index < -0.39 is 0 Å². The molecule has 3 nitrogen and oxygen atoms in total. The second kappa shape index (κ2) is 5.07. The molecule has 2 rings (SSSR count). The van der Waals surface area contributed by atoms with Crippen LogP contribution in [0.5, 0.6) is 0 Å². The van der Waals surface area contributed by atoms with Gasteiger partial charge >= 0.3 is 0 Å². The van der Waals surface area contributed by atoms with Crippen LogP contribution in [0.3, 0.4) is 0 Å². The fourth-order valence-corrected chi connectivity index (χ4v) is 2.35. The van der Waals surface area contributed by atoms with Gasteiger partial charge in [-0.1, -0.05) is 13.0 Å². The number of nitrogens with one attached hydrogen (secondary N) is 1. The van der Waals surface area contributed by atoms with Crippen molar-refractivity contribution in [3.63, 3.8) is 0 Å². The van der Waals surface area contributed by atoms with Gasteiger partial charge in [-0.15, -0.1) is 11.3 Å². The lowest BCUT2D eigenvalue weighted by atomic mass is 10.2. The molecule has 0 bridgehead atoms. The number of aromatic nitrogens is 2. The van der Waals surface area contributed by atoms with Crippen molar-refractivity contribution in [1.29, 1.82) is 0 Å². The van der Waals surface area contributed by atoms with E-state index in [1.165, 1.54) is 4.88 Å². The second-order valence-electron chi connectivity index (χ2n) is 3.70. The van der Waals surface area contributed by atoms with E-state index >= 15 is 0 Å². The van der Waals surface area contributed by atoms with Gasteiger partial charge in [0, 0.05) is 17.3 Å². The highest BCUT2D eigenvalue weighted by atomic mass is 32.1. The minimum absolute atomic E-state index is 0.308.